The molecule has 0 aliphatic carbocycles. The van der Waals surface area contributed by atoms with Gasteiger partial charge in [-0.2, -0.15) is 0 Å². The van der Waals surface area contributed by atoms with Gasteiger partial charge in [0.15, 0.2) is 0 Å². The maximum absolute atomic E-state index is 12.5. The summed E-state index contributed by atoms with van der Waals surface area (Å²) in [5, 5.41) is 0.796. The summed E-state index contributed by atoms with van der Waals surface area (Å²) in [6, 6.07) is 18.3. The van der Waals surface area contributed by atoms with E-state index in [1.807, 2.05) is 60.7 Å². The van der Waals surface area contributed by atoms with Crippen molar-refractivity contribution >= 4 is 23.0 Å². The summed E-state index contributed by atoms with van der Waals surface area (Å²) in [5.74, 6) is -0.875. The number of hydroxylamine groups is 2. The van der Waals surface area contributed by atoms with E-state index in [9.17, 15) is 9.59 Å². The molecule has 2 aromatic carbocycles. The Kier molecular flexibility index (Phi) is 3.38. The van der Waals surface area contributed by atoms with Gasteiger partial charge in [0.05, 0.1) is 18.3 Å². The molecule has 0 aromatic heterocycles. The van der Waals surface area contributed by atoms with Crippen LogP contribution in [0, 0.1) is 0 Å². The molecule has 1 heterocycles. The Balaban J connectivity index is 2.24. The second-order valence-electron chi connectivity index (χ2n) is 4.57. The van der Waals surface area contributed by atoms with Gasteiger partial charge >= 0.3 is 0 Å². The van der Waals surface area contributed by atoms with Crippen molar-refractivity contribution in [3.05, 3.63) is 71.8 Å². The largest absolute Gasteiger partial charge is 0.286 e. The van der Waals surface area contributed by atoms with Crippen molar-refractivity contribution in [3.63, 3.8) is 0 Å². The van der Waals surface area contributed by atoms with Crippen molar-refractivity contribution in [3.8, 4) is 0 Å². The first-order valence-corrected chi connectivity index (χ1v) is 6.52. The van der Waals surface area contributed by atoms with Crippen LogP contribution in [-0.4, -0.2) is 24.0 Å². The summed E-state index contributed by atoms with van der Waals surface area (Å²) in [5.41, 5.74) is 2.14. The number of carbonyl (C=O) groups excluding carboxylic acids is 2. The van der Waals surface area contributed by atoms with E-state index in [0.29, 0.717) is 22.3 Å². The molecule has 1 aliphatic rings. The highest BCUT2D eigenvalue weighted by molar-refractivity contribution is 6.48. The van der Waals surface area contributed by atoms with Crippen LogP contribution in [-0.2, 0) is 14.4 Å². The van der Waals surface area contributed by atoms with Crippen LogP contribution >= 0.6 is 0 Å². The third kappa shape index (κ3) is 2.15. The molecule has 21 heavy (non-hydrogen) atoms. The van der Waals surface area contributed by atoms with Gasteiger partial charge in [0.2, 0.25) is 0 Å². The molecule has 0 saturated carbocycles. The van der Waals surface area contributed by atoms with E-state index in [1.54, 1.807) is 0 Å². The summed E-state index contributed by atoms with van der Waals surface area (Å²) < 4.78 is 0. The second-order valence-corrected chi connectivity index (χ2v) is 4.57. The molecule has 3 rings (SSSR count). The molecule has 0 bridgehead atoms. The lowest BCUT2D eigenvalue weighted by atomic mass is 9.96. The van der Waals surface area contributed by atoms with E-state index in [-0.39, 0.29) is 0 Å². The minimum Gasteiger partial charge on any atom is -0.266 e. The Morgan fingerprint density at radius 2 is 1.10 bits per heavy atom. The standard InChI is InChI=1S/C17H13NO3/c1-21-18-16(19)14(12-8-4-2-5-9-12)15(17(18)20)13-10-6-3-7-11-13/h2-11H,1H3. The van der Waals surface area contributed by atoms with Crippen molar-refractivity contribution in [2.24, 2.45) is 0 Å². The minimum atomic E-state index is -0.437. The minimum absolute atomic E-state index is 0.369. The summed E-state index contributed by atoms with van der Waals surface area (Å²) in [6.45, 7) is 0. The lowest BCUT2D eigenvalue weighted by Gasteiger charge is -2.10. The van der Waals surface area contributed by atoms with E-state index in [1.165, 1.54) is 7.11 Å². The Morgan fingerprint density at radius 3 is 1.43 bits per heavy atom. The second kappa shape index (κ2) is 5.34. The number of hydrogen-bond donors (Lipinski definition) is 0. The van der Waals surface area contributed by atoms with E-state index in [0.717, 1.165) is 5.06 Å². The van der Waals surface area contributed by atoms with Gasteiger partial charge in [0, 0.05) is 0 Å². The number of rotatable bonds is 3. The van der Waals surface area contributed by atoms with Crippen LogP contribution in [0.5, 0.6) is 0 Å². The smallest absolute Gasteiger partial charge is 0.266 e. The highest BCUT2D eigenvalue weighted by Crippen LogP contribution is 2.35. The van der Waals surface area contributed by atoms with Gasteiger partial charge in [0.25, 0.3) is 11.8 Å². The SMILES string of the molecule is CON1C(=O)C(c2ccccc2)=C(c2ccccc2)C1=O. The maximum Gasteiger partial charge on any atom is 0.286 e. The third-order valence-corrected chi connectivity index (χ3v) is 3.35. The van der Waals surface area contributed by atoms with E-state index >= 15 is 0 Å². The number of nitrogens with zero attached hydrogens (tertiary/aromatic N) is 1. The average Bonchev–Trinajstić information content (AvgIpc) is 2.79. The van der Waals surface area contributed by atoms with Gasteiger partial charge in [0.1, 0.15) is 0 Å². The number of amides is 2. The van der Waals surface area contributed by atoms with Crippen molar-refractivity contribution in [2.75, 3.05) is 7.11 Å². The van der Waals surface area contributed by atoms with Gasteiger partial charge in [-0.3, -0.25) is 14.4 Å². The molecule has 0 spiro atoms. The molecular formula is C17H13NO3. The molecule has 2 amide bonds. The molecule has 0 unspecified atom stereocenters. The predicted octanol–water partition coefficient (Wildman–Crippen LogP) is 2.53. The maximum atomic E-state index is 12.5. The number of hydrogen-bond acceptors (Lipinski definition) is 3. The highest BCUT2D eigenvalue weighted by atomic mass is 16.7. The van der Waals surface area contributed by atoms with Crippen molar-refractivity contribution in [1.82, 2.24) is 5.06 Å². The van der Waals surface area contributed by atoms with Crippen LogP contribution in [0.4, 0.5) is 0 Å². The number of carbonyl (C=O) groups is 2. The predicted molar refractivity (Wildman–Crippen MR) is 78.6 cm³/mol. The lowest BCUT2D eigenvalue weighted by Crippen LogP contribution is -2.30. The molecule has 1 aliphatic heterocycles. The lowest BCUT2D eigenvalue weighted by molar-refractivity contribution is -0.176. The quantitative estimate of drug-likeness (QED) is 0.811. The zero-order valence-electron chi connectivity index (χ0n) is 11.4. The zero-order chi connectivity index (χ0) is 14.8. The van der Waals surface area contributed by atoms with Gasteiger partial charge in [-0.05, 0) is 11.1 Å². The summed E-state index contributed by atoms with van der Waals surface area (Å²) >= 11 is 0. The third-order valence-electron chi connectivity index (χ3n) is 3.35. The van der Waals surface area contributed by atoms with Crippen LogP contribution in [0.25, 0.3) is 11.1 Å². The van der Waals surface area contributed by atoms with Gasteiger partial charge in [-0.1, -0.05) is 60.7 Å². The first-order valence-electron chi connectivity index (χ1n) is 6.52. The molecule has 0 N–H and O–H groups in total. The summed E-state index contributed by atoms with van der Waals surface area (Å²) in [7, 11) is 1.31. The first-order chi connectivity index (χ1) is 10.2. The van der Waals surface area contributed by atoms with Crippen LogP contribution in [0.15, 0.2) is 60.7 Å². The van der Waals surface area contributed by atoms with Crippen molar-refractivity contribution in [1.29, 1.82) is 0 Å². The monoisotopic (exact) mass is 279 g/mol. The molecule has 104 valence electrons. The van der Waals surface area contributed by atoms with Gasteiger partial charge in [-0.25, -0.2) is 0 Å². The van der Waals surface area contributed by atoms with Gasteiger partial charge < -0.3 is 0 Å². The average molecular weight is 279 g/mol. The molecule has 2 aromatic rings. The summed E-state index contributed by atoms with van der Waals surface area (Å²) in [6.07, 6.45) is 0. The van der Waals surface area contributed by atoms with E-state index < -0.39 is 11.8 Å². The molecule has 4 nitrogen and oxygen atoms in total. The van der Waals surface area contributed by atoms with Crippen molar-refractivity contribution < 1.29 is 14.4 Å². The molecule has 0 saturated heterocycles. The molecule has 4 heteroatoms. The molecular weight excluding hydrogens is 266 g/mol. The fourth-order valence-electron chi connectivity index (χ4n) is 2.42. The molecule has 0 radical (unpaired) electrons. The molecule has 0 fully saturated rings. The van der Waals surface area contributed by atoms with Gasteiger partial charge in [-0.15, -0.1) is 5.06 Å². The highest BCUT2D eigenvalue weighted by Gasteiger charge is 2.40. The zero-order valence-corrected chi connectivity index (χ0v) is 11.4. The van der Waals surface area contributed by atoms with Crippen LogP contribution in [0.3, 0.4) is 0 Å². The van der Waals surface area contributed by atoms with Crippen molar-refractivity contribution in [2.45, 2.75) is 0 Å². The van der Waals surface area contributed by atoms with E-state index in [2.05, 4.69) is 0 Å². The number of imide groups is 1. The Morgan fingerprint density at radius 1 is 0.714 bits per heavy atom. The topological polar surface area (TPSA) is 46.6 Å². The fraction of sp³-hybridized carbons (Fsp3) is 0.0588. The fourth-order valence-corrected chi connectivity index (χ4v) is 2.42. The Labute approximate surface area is 122 Å². The van der Waals surface area contributed by atoms with E-state index in [4.69, 9.17) is 4.84 Å². The van der Waals surface area contributed by atoms with Crippen LogP contribution in [0.2, 0.25) is 0 Å². The Hall–Kier alpha value is -2.72. The normalized spacial score (nSPS) is 15.0. The molecule has 0 atom stereocenters. The Bertz CT molecular complexity index is 659. The van der Waals surface area contributed by atoms with Crippen LogP contribution in [0.1, 0.15) is 11.1 Å². The van der Waals surface area contributed by atoms with Crippen LogP contribution < -0.4 is 0 Å². The first kappa shape index (κ1) is 13.3. The number of benzene rings is 2. The summed E-state index contributed by atoms with van der Waals surface area (Å²) in [4.78, 5) is 29.8.